The van der Waals surface area contributed by atoms with E-state index in [-0.39, 0.29) is 12.5 Å². The van der Waals surface area contributed by atoms with Crippen molar-refractivity contribution in [1.82, 2.24) is 9.80 Å². The molecule has 1 rings (SSSR count). The molecule has 5 heteroatoms. The van der Waals surface area contributed by atoms with Crippen molar-refractivity contribution >= 4 is 12.0 Å². The number of carbonyl (C=O) groups excluding carboxylic acids is 2. The van der Waals surface area contributed by atoms with E-state index < -0.39 is 6.09 Å². The molecule has 1 heterocycles. The maximum atomic E-state index is 11.3. The molecule has 0 radical (unpaired) electrons. The van der Waals surface area contributed by atoms with Crippen LogP contribution in [0.2, 0.25) is 0 Å². The average Bonchev–Trinajstić information content (AvgIpc) is 2.28. The van der Waals surface area contributed by atoms with Crippen molar-refractivity contribution in [3.05, 3.63) is 0 Å². The van der Waals surface area contributed by atoms with Gasteiger partial charge < -0.3 is 9.64 Å². The summed E-state index contributed by atoms with van der Waals surface area (Å²) < 4.78 is 4.55. The predicted molar refractivity (Wildman–Crippen MR) is 46.2 cm³/mol. The molecule has 1 aliphatic heterocycles. The minimum absolute atomic E-state index is 0.0390. The van der Waals surface area contributed by atoms with E-state index in [2.05, 4.69) is 4.74 Å². The number of ether oxygens (including phenoxy) is 1. The summed E-state index contributed by atoms with van der Waals surface area (Å²) in [6.45, 7) is 1.41. The second kappa shape index (κ2) is 4.11. The SMILES string of the molecule is COC(=O)N1CCCN(C)C(=O)C1. The topological polar surface area (TPSA) is 49.9 Å². The van der Waals surface area contributed by atoms with Crippen molar-refractivity contribution in [2.75, 3.05) is 33.8 Å². The Morgan fingerprint density at radius 2 is 2.15 bits per heavy atom. The number of amides is 2. The standard InChI is InChI=1S/C8H14N2O3/c1-9-4-3-5-10(6-7(9)11)8(12)13-2/h3-6H2,1-2H3. The van der Waals surface area contributed by atoms with Gasteiger partial charge in [0.25, 0.3) is 0 Å². The number of rotatable bonds is 0. The van der Waals surface area contributed by atoms with E-state index >= 15 is 0 Å². The summed E-state index contributed by atoms with van der Waals surface area (Å²) in [5, 5.41) is 0. The fourth-order valence-electron chi connectivity index (χ4n) is 1.27. The zero-order valence-corrected chi connectivity index (χ0v) is 7.95. The summed E-state index contributed by atoms with van der Waals surface area (Å²) in [6.07, 6.45) is 0.376. The van der Waals surface area contributed by atoms with Crippen LogP contribution in [0.15, 0.2) is 0 Å². The highest BCUT2D eigenvalue weighted by atomic mass is 16.5. The third-order valence-electron chi connectivity index (χ3n) is 2.11. The Kier molecular flexibility index (Phi) is 3.11. The summed E-state index contributed by atoms with van der Waals surface area (Å²) in [6, 6.07) is 0. The van der Waals surface area contributed by atoms with Crippen LogP contribution in [0, 0.1) is 0 Å². The Morgan fingerprint density at radius 1 is 1.46 bits per heavy atom. The number of carbonyl (C=O) groups is 2. The van der Waals surface area contributed by atoms with Crippen molar-refractivity contribution in [3.63, 3.8) is 0 Å². The first-order valence-corrected chi connectivity index (χ1v) is 4.22. The molecular weight excluding hydrogens is 172 g/mol. The lowest BCUT2D eigenvalue weighted by Crippen LogP contribution is -2.37. The predicted octanol–water partition coefficient (Wildman–Crippen LogP) is -0.0831. The first-order valence-electron chi connectivity index (χ1n) is 4.22. The fraction of sp³-hybridized carbons (Fsp3) is 0.750. The van der Waals surface area contributed by atoms with Crippen LogP contribution in [0.3, 0.4) is 0 Å². The van der Waals surface area contributed by atoms with Crippen LogP contribution in [0.25, 0.3) is 0 Å². The van der Waals surface area contributed by atoms with Crippen LogP contribution in [-0.2, 0) is 9.53 Å². The van der Waals surface area contributed by atoms with Gasteiger partial charge in [0.15, 0.2) is 0 Å². The van der Waals surface area contributed by atoms with Crippen molar-refractivity contribution < 1.29 is 14.3 Å². The number of hydrogen-bond donors (Lipinski definition) is 0. The summed E-state index contributed by atoms with van der Waals surface area (Å²) in [4.78, 5) is 25.5. The Hall–Kier alpha value is -1.26. The quantitative estimate of drug-likeness (QED) is 0.531. The molecule has 0 atom stereocenters. The van der Waals surface area contributed by atoms with E-state index in [0.717, 1.165) is 6.42 Å². The zero-order valence-electron chi connectivity index (χ0n) is 7.95. The van der Waals surface area contributed by atoms with Crippen LogP contribution >= 0.6 is 0 Å². The first kappa shape index (κ1) is 9.83. The van der Waals surface area contributed by atoms with Crippen LogP contribution in [-0.4, -0.2) is 55.6 Å². The van der Waals surface area contributed by atoms with Crippen molar-refractivity contribution in [2.24, 2.45) is 0 Å². The molecule has 0 aromatic heterocycles. The Labute approximate surface area is 77.2 Å². The molecule has 0 unspecified atom stereocenters. The van der Waals surface area contributed by atoms with E-state index in [1.54, 1.807) is 11.9 Å². The van der Waals surface area contributed by atoms with Crippen LogP contribution in [0.1, 0.15) is 6.42 Å². The average molecular weight is 186 g/mol. The molecule has 13 heavy (non-hydrogen) atoms. The molecule has 0 spiro atoms. The molecule has 5 nitrogen and oxygen atoms in total. The molecule has 0 N–H and O–H groups in total. The Morgan fingerprint density at radius 3 is 2.77 bits per heavy atom. The largest absolute Gasteiger partial charge is 0.453 e. The van der Waals surface area contributed by atoms with E-state index in [4.69, 9.17) is 0 Å². The van der Waals surface area contributed by atoms with Gasteiger partial charge in [-0.25, -0.2) is 4.79 Å². The number of methoxy groups -OCH3 is 1. The molecule has 0 saturated carbocycles. The van der Waals surface area contributed by atoms with Crippen LogP contribution in [0.4, 0.5) is 4.79 Å². The van der Waals surface area contributed by atoms with Crippen molar-refractivity contribution in [3.8, 4) is 0 Å². The monoisotopic (exact) mass is 186 g/mol. The Bertz CT molecular complexity index is 217. The molecule has 1 fully saturated rings. The van der Waals surface area contributed by atoms with E-state index in [9.17, 15) is 9.59 Å². The molecular formula is C8H14N2O3. The first-order chi connectivity index (χ1) is 6.15. The van der Waals surface area contributed by atoms with Gasteiger partial charge in [-0.05, 0) is 6.42 Å². The van der Waals surface area contributed by atoms with E-state index in [0.29, 0.717) is 13.1 Å². The third kappa shape index (κ3) is 2.34. The van der Waals surface area contributed by atoms with E-state index in [1.165, 1.54) is 12.0 Å². The molecule has 2 amide bonds. The van der Waals surface area contributed by atoms with Gasteiger partial charge in [0, 0.05) is 20.1 Å². The molecule has 0 bridgehead atoms. The second-order valence-electron chi connectivity index (χ2n) is 3.06. The summed E-state index contributed by atoms with van der Waals surface area (Å²) >= 11 is 0. The lowest BCUT2D eigenvalue weighted by atomic mass is 10.4. The summed E-state index contributed by atoms with van der Waals surface area (Å²) in [5.41, 5.74) is 0. The summed E-state index contributed by atoms with van der Waals surface area (Å²) in [7, 11) is 3.06. The minimum Gasteiger partial charge on any atom is -0.453 e. The molecule has 0 aromatic rings. The lowest BCUT2D eigenvalue weighted by molar-refractivity contribution is -0.129. The van der Waals surface area contributed by atoms with Crippen LogP contribution < -0.4 is 0 Å². The van der Waals surface area contributed by atoms with E-state index in [1.807, 2.05) is 0 Å². The van der Waals surface area contributed by atoms with Crippen LogP contribution in [0.5, 0.6) is 0 Å². The maximum absolute atomic E-state index is 11.3. The highest BCUT2D eigenvalue weighted by molar-refractivity contribution is 5.82. The number of nitrogens with zero attached hydrogens (tertiary/aromatic N) is 2. The van der Waals surface area contributed by atoms with Gasteiger partial charge in [-0.15, -0.1) is 0 Å². The molecule has 0 aliphatic carbocycles. The fourth-order valence-corrected chi connectivity index (χ4v) is 1.27. The smallest absolute Gasteiger partial charge is 0.409 e. The summed E-state index contributed by atoms with van der Waals surface area (Å²) in [5.74, 6) is -0.0390. The third-order valence-corrected chi connectivity index (χ3v) is 2.11. The molecule has 1 saturated heterocycles. The van der Waals surface area contributed by atoms with Gasteiger partial charge in [-0.2, -0.15) is 0 Å². The van der Waals surface area contributed by atoms with Crippen molar-refractivity contribution in [2.45, 2.75) is 6.42 Å². The van der Waals surface area contributed by atoms with Gasteiger partial charge in [-0.3, -0.25) is 9.69 Å². The molecule has 1 aliphatic rings. The van der Waals surface area contributed by atoms with Gasteiger partial charge in [-0.1, -0.05) is 0 Å². The Balaban J connectivity index is 2.59. The second-order valence-corrected chi connectivity index (χ2v) is 3.06. The minimum atomic E-state index is -0.427. The number of hydrogen-bond acceptors (Lipinski definition) is 3. The lowest BCUT2D eigenvalue weighted by Gasteiger charge is -2.17. The number of likely N-dealkylation sites (N-methyl/N-ethyl adjacent to an activating group) is 1. The van der Waals surface area contributed by atoms with Gasteiger partial charge >= 0.3 is 6.09 Å². The van der Waals surface area contributed by atoms with Gasteiger partial charge in [0.2, 0.25) is 5.91 Å². The molecule has 74 valence electrons. The van der Waals surface area contributed by atoms with Crippen molar-refractivity contribution in [1.29, 1.82) is 0 Å². The highest BCUT2D eigenvalue weighted by Crippen LogP contribution is 2.03. The highest BCUT2D eigenvalue weighted by Gasteiger charge is 2.22. The normalized spacial score (nSPS) is 18.5. The zero-order chi connectivity index (χ0) is 9.84. The van der Waals surface area contributed by atoms with Gasteiger partial charge in [0.1, 0.15) is 6.54 Å². The maximum Gasteiger partial charge on any atom is 0.409 e. The molecule has 0 aromatic carbocycles. The van der Waals surface area contributed by atoms with Gasteiger partial charge in [0.05, 0.1) is 7.11 Å².